The monoisotopic (exact) mass is 320 g/mol. The normalized spacial score (nSPS) is 24.6. The van der Waals surface area contributed by atoms with E-state index in [1.54, 1.807) is 0 Å². The van der Waals surface area contributed by atoms with Crippen molar-refractivity contribution < 1.29 is 9.72 Å². The maximum Gasteiger partial charge on any atom is 0.281 e. The van der Waals surface area contributed by atoms with Crippen molar-refractivity contribution >= 4 is 17.2 Å². The van der Waals surface area contributed by atoms with Gasteiger partial charge in [-0.2, -0.15) is 10.9 Å². The van der Waals surface area contributed by atoms with Gasteiger partial charge < -0.3 is 9.69 Å². The number of carbonyl (C=O) groups is 1. The molecule has 1 heterocycles. The molecule has 0 bridgehead atoms. The minimum atomic E-state index is -0.945. The highest BCUT2D eigenvalue weighted by atomic mass is 32.2. The molecule has 1 aliphatic heterocycles. The zero-order chi connectivity index (χ0) is 16.1. The summed E-state index contributed by atoms with van der Waals surface area (Å²) in [5, 5.41) is 11.6. The van der Waals surface area contributed by atoms with Crippen molar-refractivity contribution in [3.63, 3.8) is 0 Å². The molecule has 0 saturated heterocycles. The molecular formula is C16H20N2O3S. The molecule has 0 saturated carbocycles. The molecule has 6 heteroatoms. The lowest BCUT2D eigenvalue weighted by atomic mass is 10.0. The molecule has 22 heavy (non-hydrogen) atoms. The summed E-state index contributed by atoms with van der Waals surface area (Å²) >= 11 is 0. The van der Waals surface area contributed by atoms with Crippen molar-refractivity contribution in [3.05, 3.63) is 68.9 Å². The Bertz CT molecular complexity index is 611. The summed E-state index contributed by atoms with van der Waals surface area (Å²) in [7, 11) is 2.83. The summed E-state index contributed by atoms with van der Waals surface area (Å²) in [5.74, 6) is 0.773. The Kier molecular flexibility index (Phi) is 5.38. The molecule has 1 aromatic rings. The van der Waals surface area contributed by atoms with Gasteiger partial charge >= 0.3 is 0 Å². The largest absolute Gasteiger partial charge is 0.383 e. The Morgan fingerprint density at radius 2 is 2.05 bits per heavy atom. The summed E-state index contributed by atoms with van der Waals surface area (Å²) < 4.78 is 0. The van der Waals surface area contributed by atoms with Gasteiger partial charge in [-0.25, -0.2) is 0 Å². The molecule has 0 spiro atoms. The highest BCUT2D eigenvalue weighted by molar-refractivity contribution is 8.19. The third-order valence-electron chi connectivity index (χ3n) is 3.43. The van der Waals surface area contributed by atoms with Gasteiger partial charge in [-0.3, -0.25) is 10.1 Å². The number of rotatable bonds is 5. The molecule has 0 aromatic heterocycles. The van der Waals surface area contributed by atoms with Crippen molar-refractivity contribution in [1.82, 2.24) is 4.90 Å². The number of thiol groups is 1. The van der Waals surface area contributed by atoms with Crippen LogP contribution in [0.1, 0.15) is 5.56 Å². The van der Waals surface area contributed by atoms with Crippen LogP contribution in [-0.4, -0.2) is 36.0 Å². The lowest BCUT2D eigenvalue weighted by Gasteiger charge is -2.28. The van der Waals surface area contributed by atoms with E-state index in [0.717, 1.165) is 17.4 Å². The second kappa shape index (κ2) is 7.26. The number of nitro groups is 1. The number of benzene rings is 1. The van der Waals surface area contributed by atoms with E-state index < -0.39 is 16.8 Å². The van der Waals surface area contributed by atoms with Crippen LogP contribution in [0.25, 0.3) is 0 Å². The van der Waals surface area contributed by atoms with Crippen LogP contribution in [-0.2, 0) is 10.5 Å². The number of hydrogen-bond acceptors (Lipinski definition) is 4. The Morgan fingerprint density at radius 3 is 2.59 bits per heavy atom. The van der Waals surface area contributed by atoms with Crippen LogP contribution < -0.4 is 0 Å². The first kappa shape index (κ1) is 16.3. The van der Waals surface area contributed by atoms with Crippen molar-refractivity contribution in [3.8, 4) is 0 Å². The first-order valence-electron chi connectivity index (χ1n) is 6.98. The number of allylic oxidation sites excluding steroid dienone is 1. The number of hydrogen-bond donors (Lipinski definition) is 1. The summed E-state index contributed by atoms with van der Waals surface area (Å²) in [6.45, 7) is 0. The summed E-state index contributed by atoms with van der Waals surface area (Å²) in [5.41, 5.74) is 2.04. The van der Waals surface area contributed by atoms with E-state index in [2.05, 4.69) is 0 Å². The molecule has 2 rings (SSSR count). The fraction of sp³-hybridized carbons (Fsp3) is 0.312. The van der Waals surface area contributed by atoms with Crippen LogP contribution in [0.2, 0.25) is 0 Å². The molecule has 0 fully saturated rings. The molecule has 0 N–H and O–H groups in total. The van der Waals surface area contributed by atoms with Crippen LogP contribution >= 0.6 is 10.9 Å². The van der Waals surface area contributed by atoms with Gasteiger partial charge in [-0.1, -0.05) is 30.3 Å². The van der Waals surface area contributed by atoms with Crippen LogP contribution in [0.3, 0.4) is 0 Å². The van der Waals surface area contributed by atoms with E-state index in [1.807, 2.05) is 55.5 Å². The standard InChI is InChI=1S/C16H20N2O3S/c1-17(2)9-15-12-22(11-13-6-4-3-5-7-13)16(18(20)21)8-14(15)10-19/h3-10,14,22H,11-12H2,1-2H3. The highest BCUT2D eigenvalue weighted by Gasteiger charge is 2.31. The topological polar surface area (TPSA) is 63.4 Å². The Balaban J connectivity index is 2.33. The van der Waals surface area contributed by atoms with Gasteiger partial charge in [0, 0.05) is 31.7 Å². The smallest absolute Gasteiger partial charge is 0.281 e. The number of carbonyl (C=O) groups excluding carboxylic acids is 1. The molecule has 0 radical (unpaired) electrons. The third kappa shape index (κ3) is 3.98. The molecule has 0 aliphatic carbocycles. The van der Waals surface area contributed by atoms with Gasteiger partial charge in [-0.05, 0) is 17.3 Å². The van der Waals surface area contributed by atoms with Gasteiger partial charge in [-0.15, -0.1) is 0 Å². The second-order valence-electron chi connectivity index (χ2n) is 5.45. The Labute approximate surface area is 132 Å². The molecule has 2 unspecified atom stereocenters. The lowest BCUT2D eigenvalue weighted by Crippen LogP contribution is -2.20. The quantitative estimate of drug-likeness (QED) is 0.392. The Morgan fingerprint density at radius 1 is 1.36 bits per heavy atom. The van der Waals surface area contributed by atoms with Gasteiger partial charge in [0.05, 0.1) is 10.8 Å². The van der Waals surface area contributed by atoms with Gasteiger partial charge in [0.2, 0.25) is 0 Å². The number of nitrogens with zero attached hydrogens (tertiary/aromatic N) is 2. The molecule has 2 atom stereocenters. The van der Waals surface area contributed by atoms with E-state index in [0.29, 0.717) is 11.5 Å². The van der Waals surface area contributed by atoms with Crippen LogP contribution in [0.4, 0.5) is 0 Å². The van der Waals surface area contributed by atoms with E-state index in [9.17, 15) is 14.9 Å². The van der Waals surface area contributed by atoms with Crippen molar-refractivity contribution in [2.45, 2.75) is 5.75 Å². The maximum atomic E-state index is 11.4. The molecular weight excluding hydrogens is 300 g/mol. The van der Waals surface area contributed by atoms with E-state index in [1.165, 1.54) is 6.08 Å². The zero-order valence-corrected chi connectivity index (χ0v) is 13.6. The lowest BCUT2D eigenvalue weighted by molar-refractivity contribution is -0.411. The SMILES string of the molecule is CN(C)C=C1C[SH](Cc2ccccc2)C([N+](=O)[O-])=CC1C=O. The van der Waals surface area contributed by atoms with Crippen LogP contribution in [0.5, 0.6) is 0 Å². The summed E-state index contributed by atoms with van der Waals surface area (Å²) in [6, 6.07) is 9.79. The predicted octanol–water partition coefficient (Wildman–Crippen LogP) is 2.58. The van der Waals surface area contributed by atoms with Gasteiger partial charge in [0.25, 0.3) is 5.03 Å². The number of aldehydes is 1. The van der Waals surface area contributed by atoms with E-state index >= 15 is 0 Å². The fourth-order valence-electron chi connectivity index (χ4n) is 2.48. The fourth-order valence-corrected chi connectivity index (χ4v) is 4.91. The Hall–Kier alpha value is -2.08. The first-order valence-corrected chi connectivity index (χ1v) is 8.70. The predicted molar refractivity (Wildman–Crippen MR) is 90.4 cm³/mol. The summed E-state index contributed by atoms with van der Waals surface area (Å²) in [4.78, 5) is 24.2. The minimum absolute atomic E-state index is 0.215. The van der Waals surface area contributed by atoms with Crippen LogP contribution in [0, 0.1) is 16.0 Å². The molecule has 1 aromatic carbocycles. The van der Waals surface area contributed by atoms with Crippen molar-refractivity contribution in [1.29, 1.82) is 0 Å². The average molecular weight is 320 g/mol. The average Bonchev–Trinajstić information content (AvgIpc) is 2.47. The summed E-state index contributed by atoms with van der Waals surface area (Å²) in [6.07, 6.45) is 4.22. The van der Waals surface area contributed by atoms with Crippen molar-refractivity contribution in [2.75, 3.05) is 19.8 Å². The first-order chi connectivity index (χ1) is 10.5. The van der Waals surface area contributed by atoms with E-state index in [-0.39, 0.29) is 9.95 Å². The third-order valence-corrected chi connectivity index (χ3v) is 5.88. The van der Waals surface area contributed by atoms with Crippen molar-refractivity contribution in [2.24, 2.45) is 5.92 Å². The molecule has 0 amide bonds. The molecule has 1 aliphatic rings. The van der Waals surface area contributed by atoms with Crippen LogP contribution in [0.15, 0.2) is 53.2 Å². The molecule has 118 valence electrons. The van der Waals surface area contributed by atoms with Gasteiger partial charge in [0.15, 0.2) is 0 Å². The minimum Gasteiger partial charge on any atom is -0.383 e. The highest BCUT2D eigenvalue weighted by Crippen LogP contribution is 2.46. The zero-order valence-electron chi connectivity index (χ0n) is 12.7. The second-order valence-corrected chi connectivity index (χ2v) is 7.62. The maximum absolute atomic E-state index is 11.4. The molecule has 5 nitrogen and oxygen atoms in total. The van der Waals surface area contributed by atoms with E-state index in [4.69, 9.17) is 0 Å². The van der Waals surface area contributed by atoms with Gasteiger partial charge in [0.1, 0.15) is 6.29 Å².